The van der Waals surface area contributed by atoms with Gasteiger partial charge in [-0.2, -0.15) is 5.26 Å². The van der Waals surface area contributed by atoms with Gasteiger partial charge in [0.15, 0.2) is 0 Å². The number of nitriles is 1. The van der Waals surface area contributed by atoms with Crippen molar-refractivity contribution >= 4 is 29.0 Å². The zero-order valence-electron chi connectivity index (χ0n) is 13.9. The first-order valence-corrected chi connectivity index (χ1v) is 8.35. The summed E-state index contributed by atoms with van der Waals surface area (Å²) in [6.07, 6.45) is 1.68. The standard InChI is InChI=1S/C18H18ClN5O/c1-23-6-8-24(9-7-23)17-11-14(4-5-21-17)22-18(25)15-10-13(12-20)2-3-16(15)19/h2-5,10-11H,6-9H2,1H3,(H,21,22,25). The van der Waals surface area contributed by atoms with Crippen LogP contribution >= 0.6 is 11.6 Å². The largest absolute Gasteiger partial charge is 0.354 e. The summed E-state index contributed by atoms with van der Waals surface area (Å²) in [6, 6.07) is 10.2. The Labute approximate surface area is 151 Å². The predicted octanol–water partition coefficient (Wildman–Crippen LogP) is 2.61. The molecule has 1 amide bonds. The Morgan fingerprint density at radius 2 is 2.00 bits per heavy atom. The molecule has 2 heterocycles. The Morgan fingerprint density at radius 3 is 2.72 bits per heavy atom. The lowest BCUT2D eigenvalue weighted by molar-refractivity contribution is 0.102. The van der Waals surface area contributed by atoms with Crippen LogP contribution in [0.4, 0.5) is 11.5 Å². The summed E-state index contributed by atoms with van der Waals surface area (Å²) >= 11 is 6.09. The highest BCUT2D eigenvalue weighted by atomic mass is 35.5. The summed E-state index contributed by atoms with van der Waals surface area (Å²) < 4.78 is 0. The topological polar surface area (TPSA) is 72.3 Å². The van der Waals surface area contributed by atoms with Gasteiger partial charge in [-0.25, -0.2) is 4.98 Å². The number of likely N-dealkylation sites (N-methyl/N-ethyl adjacent to an activating group) is 1. The van der Waals surface area contributed by atoms with Gasteiger partial charge in [0.25, 0.3) is 5.91 Å². The molecule has 1 saturated heterocycles. The number of hydrogen-bond acceptors (Lipinski definition) is 5. The minimum absolute atomic E-state index is 0.277. The number of benzene rings is 1. The van der Waals surface area contributed by atoms with Gasteiger partial charge in [-0.05, 0) is 31.3 Å². The quantitative estimate of drug-likeness (QED) is 0.916. The van der Waals surface area contributed by atoms with Crippen LogP contribution in [0, 0.1) is 11.3 Å². The zero-order chi connectivity index (χ0) is 17.8. The lowest BCUT2D eigenvalue weighted by Crippen LogP contribution is -2.44. The van der Waals surface area contributed by atoms with Crippen molar-refractivity contribution in [2.45, 2.75) is 0 Å². The van der Waals surface area contributed by atoms with E-state index in [1.54, 1.807) is 24.4 Å². The molecule has 0 unspecified atom stereocenters. The third-order valence-corrected chi connectivity index (χ3v) is 4.50. The number of nitrogens with zero attached hydrogens (tertiary/aromatic N) is 4. The average Bonchev–Trinajstić information content (AvgIpc) is 2.63. The number of carbonyl (C=O) groups excluding carboxylic acids is 1. The Morgan fingerprint density at radius 1 is 1.24 bits per heavy atom. The number of pyridine rings is 1. The van der Waals surface area contributed by atoms with Gasteiger partial charge in [0.2, 0.25) is 0 Å². The number of rotatable bonds is 3. The summed E-state index contributed by atoms with van der Waals surface area (Å²) in [5, 5.41) is 12.1. The highest BCUT2D eigenvalue weighted by Crippen LogP contribution is 2.21. The first-order valence-electron chi connectivity index (χ1n) is 7.97. The summed E-state index contributed by atoms with van der Waals surface area (Å²) in [4.78, 5) is 21.4. The Balaban J connectivity index is 1.76. The second kappa shape index (κ2) is 7.51. The van der Waals surface area contributed by atoms with Crippen molar-refractivity contribution in [2.75, 3.05) is 43.4 Å². The van der Waals surface area contributed by atoms with Crippen LogP contribution in [0.15, 0.2) is 36.5 Å². The van der Waals surface area contributed by atoms with Crippen LogP contribution < -0.4 is 10.2 Å². The SMILES string of the molecule is CN1CCN(c2cc(NC(=O)c3cc(C#N)ccc3Cl)ccn2)CC1. The molecule has 0 radical (unpaired) electrons. The zero-order valence-corrected chi connectivity index (χ0v) is 14.6. The van der Waals surface area contributed by atoms with E-state index in [-0.39, 0.29) is 11.5 Å². The molecule has 0 spiro atoms. The number of hydrogen-bond donors (Lipinski definition) is 1. The summed E-state index contributed by atoms with van der Waals surface area (Å²) in [6.45, 7) is 3.76. The highest BCUT2D eigenvalue weighted by Gasteiger charge is 2.16. The average molecular weight is 356 g/mol. The summed E-state index contributed by atoms with van der Waals surface area (Å²) in [7, 11) is 2.10. The monoisotopic (exact) mass is 355 g/mol. The minimum Gasteiger partial charge on any atom is -0.354 e. The van der Waals surface area contributed by atoms with Crippen molar-refractivity contribution in [1.82, 2.24) is 9.88 Å². The summed E-state index contributed by atoms with van der Waals surface area (Å²) in [5.74, 6) is 0.486. The van der Waals surface area contributed by atoms with Crippen LogP contribution in [0.5, 0.6) is 0 Å². The molecule has 7 heteroatoms. The van der Waals surface area contributed by atoms with E-state index in [4.69, 9.17) is 16.9 Å². The van der Waals surface area contributed by atoms with Crippen LogP contribution in [0.25, 0.3) is 0 Å². The molecule has 1 aliphatic heterocycles. The van der Waals surface area contributed by atoms with Gasteiger partial charge in [0.05, 0.1) is 22.2 Å². The molecule has 1 aromatic carbocycles. The molecule has 25 heavy (non-hydrogen) atoms. The molecule has 3 rings (SSSR count). The maximum Gasteiger partial charge on any atom is 0.257 e. The van der Waals surface area contributed by atoms with Gasteiger partial charge < -0.3 is 15.1 Å². The van der Waals surface area contributed by atoms with E-state index in [1.807, 2.05) is 12.1 Å². The number of piperazine rings is 1. The molecule has 0 atom stereocenters. The lowest BCUT2D eigenvalue weighted by Gasteiger charge is -2.33. The maximum absolute atomic E-state index is 12.5. The smallest absolute Gasteiger partial charge is 0.257 e. The van der Waals surface area contributed by atoms with Gasteiger partial charge in [0, 0.05) is 44.1 Å². The van der Waals surface area contributed by atoms with Crippen LogP contribution in [-0.4, -0.2) is 49.0 Å². The predicted molar refractivity (Wildman–Crippen MR) is 98.1 cm³/mol. The molecule has 0 bridgehead atoms. The Bertz CT molecular complexity index is 824. The second-order valence-electron chi connectivity index (χ2n) is 5.95. The van der Waals surface area contributed by atoms with Gasteiger partial charge in [-0.15, -0.1) is 0 Å². The molecule has 1 N–H and O–H groups in total. The first kappa shape index (κ1) is 17.2. The number of nitrogens with one attached hydrogen (secondary N) is 1. The molecule has 1 fully saturated rings. The number of amides is 1. The lowest BCUT2D eigenvalue weighted by atomic mass is 10.1. The first-order chi connectivity index (χ1) is 12.1. The van der Waals surface area contributed by atoms with E-state index in [9.17, 15) is 4.79 Å². The third kappa shape index (κ3) is 4.08. The van der Waals surface area contributed by atoms with E-state index in [2.05, 4.69) is 27.1 Å². The van der Waals surface area contributed by atoms with Crippen molar-refractivity contribution < 1.29 is 4.79 Å². The number of aromatic nitrogens is 1. The summed E-state index contributed by atoms with van der Waals surface area (Å²) in [5.41, 5.74) is 1.31. The number of carbonyl (C=O) groups is 1. The molecular formula is C18H18ClN5O. The normalized spacial score (nSPS) is 14.8. The van der Waals surface area contributed by atoms with Gasteiger partial charge >= 0.3 is 0 Å². The molecule has 0 aliphatic carbocycles. The Kier molecular flexibility index (Phi) is 5.17. The number of anilines is 2. The fourth-order valence-corrected chi connectivity index (χ4v) is 2.88. The van der Waals surface area contributed by atoms with E-state index in [1.165, 1.54) is 6.07 Å². The van der Waals surface area contributed by atoms with Crippen LogP contribution in [0.1, 0.15) is 15.9 Å². The van der Waals surface area contributed by atoms with Crippen molar-refractivity contribution in [3.05, 3.63) is 52.7 Å². The molecule has 6 nitrogen and oxygen atoms in total. The molecule has 128 valence electrons. The molecule has 1 aliphatic rings. The Hall–Kier alpha value is -2.62. The maximum atomic E-state index is 12.5. The molecule has 0 saturated carbocycles. The fourth-order valence-electron chi connectivity index (χ4n) is 2.67. The van der Waals surface area contributed by atoms with Crippen molar-refractivity contribution in [1.29, 1.82) is 5.26 Å². The molecule has 1 aromatic heterocycles. The van der Waals surface area contributed by atoms with Crippen LogP contribution in [-0.2, 0) is 0 Å². The van der Waals surface area contributed by atoms with Crippen molar-refractivity contribution in [2.24, 2.45) is 0 Å². The van der Waals surface area contributed by atoms with E-state index >= 15 is 0 Å². The highest BCUT2D eigenvalue weighted by molar-refractivity contribution is 6.34. The van der Waals surface area contributed by atoms with Gasteiger partial charge in [-0.3, -0.25) is 4.79 Å². The third-order valence-electron chi connectivity index (χ3n) is 4.17. The second-order valence-corrected chi connectivity index (χ2v) is 6.36. The minimum atomic E-state index is -0.349. The van der Waals surface area contributed by atoms with Crippen LogP contribution in [0.3, 0.4) is 0 Å². The van der Waals surface area contributed by atoms with E-state index < -0.39 is 0 Å². The van der Waals surface area contributed by atoms with Crippen LogP contribution in [0.2, 0.25) is 5.02 Å². The molecule has 2 aromatic rings. The molecular weight excluding hydrogens is 338 g/mol. The van der Waals surface area contributed by atoms with Gasteiger partial charge in [0.1, 0.15) is 5.82 Å². The number of halogens is 1. The van der Waals surface area contributed by atoms with E-state index in [0.29, 0.717) is 16.3 Å². The van der Waals surface area contributed by atoms with Crippen molar-refractivity contribution in [3.63, 3.8) is 0 Å². The van der Waals surface area contributed by atoms with Gasteiger partial charge in [-0.1, -0.05) is 11.6 Å². The van der Waals surface area contributed by atoms with Crippen molar-refractivity contribution in [3.8, 4) is 6.07 Å². The van der Waals surface area contributed by atoms with E-state index in [0.717, 1.165) is 32.0 Å². The fraction of sp³-hybridized carbons (Fsp3) is 0.278.